The standard InChI is InChI=1S/C34H47N3O5/c1-21(37-31(40)42-32(2,3)4)30(39)36-20-29(38)41-24-13-15-33(5)23(18-24)9-10-25-27-12-11-26(22-8-7-17-35-19-22)34(27,6)16-14-28(25)33/h7-9,11,17,19,21,24-25,27-28H,10,12-16,18,20H2,1-6H3,(H,36,39)(H,37,40)/t21?,24-,25-,27-,28-,33-,34+/m0/s1. The molecule has 2 amide bonds. The topological polar surface area (TPSA) is 107 Å². The Labute approximate surface area is 250 Å². The van der Waals surface area contributed by atoms with Gasteiger partial charge in [0.25, 0.3) is 0 Å². The second-order valence-corrected chi connectivity index (χ2v) is 14.3. The minimum Gasteiger partial charge on any atom is -0.461 e. The number of nitrogens with zero attached hydrogens (tertiary/aromatic N) is 1. The minimum absolute atomic E-state index is 0.140. The van der Waals surface area contributed by atoms with Gasteiger partial charge in [-0.05, 0) is 112 Å². The third kappa shape index (κ3) is 6.00. The summed E-state index contributed by atoms with van der Waals surface area (Å²) in [5.41, 5.74) is 3.87. The highest BCUT2D eigenvalue weighted by Crippen LogP contribution is 2.66. The van der Waals surface area contributed by atoms with Gasteiger partial charge in [-0.25, -0.2) is 4.79 Å². The highest BCUT2D eigenvalue weighted by atomic mass is 16.6. The van der Waals surface area contributed by atoms with Crippen LogP contribution in [0.1, 0.15) is 92.1 Å². The van der Waals surface area contributed by atoms with Gasteiger partial charge in [-0.1, -0.05) is 37.6 Å². The van der Waals surface area contributed by atoms with Gasteiger partial charge in [0.15, 0.2) is 0 Å². The molecule has 228 valence electrons. The maximum atomic E-state index is 12.6. The van der Waals surface area contributed by atoms with Crippen molar-refractivity contribution < 1.29 is 23.9 Å². The lowest BCUT2D eigenvalue weighted by Crippen LogP contribution is -2.50. The summed E-state index contributed by atoms with van der Waals surface area (Å²) in [7, 11) is 0. The first-order valence-corrected chi connectivity index (χ1v) is 15.6. The number of carbonyl (C=O) groups excluding carboxylic acids is 3. The quantitative estimate of drug-likeness (QED) is 0.318. The first kappa shape index (κ1) is 30.3. The summed E-state index contributed by atoms with van der Waals surface area (Å²) < 4.78 is 11.0. The molecule has 1 heterocycles. The van der Waals surface area contributed by atoms with E-state index in [1.807, 2.05) is 18.5 Å². The lowest BCUT2D eigenvalue weighted by atomic mass is 9.47. The largest absolute Gasteiger partial charge is 0.461 e. The molecule has 4 aliphatic carbocycles. The van der Waals surface area contributed by atoms with E-state index in [9.17, 15) is 14.4 Å². The molecule has 4 aliphatic rings. The number of allylic oxidation sites excluding steroid dienone is 3. The number of amides is 2. The second kappa shape index (κ2) is 11.5. The zero-order valence-electron chi connectivity index (χ0n) is 26.0. The summed E-state index contributed by atoms with van der Waals surface area (Å²) in [6.45, 7) is 11.5. The third-order valence-electron chi connectivity index (χ3n) is 10.4. The molecule has 2 N–H and O–H groups in total. The molecule has 0 radical (unpaired) electrons. The predicted octanol–water partition coefficient (Wildman–Crippen LogP) is 5.98. The van der Waals surface area contributed by atoms with Crippen LogP contribution in [0.5, 0.6) is 0 Å². The van der Waals surface area contributed by atoms with Gasteiger partial charge in [-0.3, -0.25) is 14.6 Å². The lowest BCUT2D eigenvalue weighted by Gasteiger charge is -2.57. The lowest BCUT2D eigenvalue weighted by molar-refractivity contribution is -0.151. The van der Waals surface area contributed by atoms with E-state index in [-0.39, 0.29) is 23.5 Å². The maximum Gasteiger partial charge on any atom is 0.408 e. The van der Waals surface area contributed by atoms with Crippen LogP contribution in [-0.2, 0) is 19.1 Å². The number of aromatic nitrogens is 1. The summed E-state index contributed by atoms with van der Waals surface area (Å²) in [5.74, 6) is 1.03. The molecular formula is C34H47N3O5. The molecule has 0 spiro atoms. The van der Waals surface area contributed by atoms with Crippen molar-refractivity contribution in [1.29, 1.82) is 0 Å². The van der Waals surface area contributed by atoms with E-state index in [0.717, 1.165) is 32.1 Å². The molecule has 0 bridgehead atoms. The van der Waals surface area contributed by atoms with Gasteiger partial charge in [0.1, 0.15) is 24.3 Å². The summed E-state index contributed by atoms with van der Waals surface area (Å²) in [5, 5.41) is 5.06. The summed E-state index contributed by atoms with van der Waals surface area (Å²) in [6, 6.07) is 3.41. The number of hydrogen-bond donors (Lipinski definition) is 2. The zero-order valence-corrected chi connectivity index (χ0v) is 26.0. The van der Waals surface area contributed by atoms with Gasteiger partial charge < -0.3 is 20.1 Å². The highest BCUT2D eigenvalue weighted by Gasteiger charge is 2.57. The van der Waals surface area contributed by atoms with E-state index < -0.39 is 29.6 Å². The van der Waals surface area contributed by atoms with E-state index >= 15 is 0 Å². The fourth-order valence-electron chi connectivity index (χ4n) is 8.35. The molecule has 1 aromatic heterocycles. The van der Waals surface area contributed by atoms with E-state index in [1.165, 1.54) is 29.6 Å². The highest BCUT2D eigenvalue weighted by molar-refractivity contribution is 5.88. The number of fused-ring (bicyclic) bond motifs is 5. The number of carbonyl (C=O) groups is 3. The second-order valence-electron chi connectivity index (χ2n) is 14.3. The van der Waals surface area contributed by atoms with E-state index in [4.69, 9.17) is 9.47 Å². The van der Waals surface area contributed by atoms with Crippen molar-refractivity contribution in [2.24, 2.45) is 28.6 Å². The first-order chi connectivity index (χ1) is 19.8. The molecule has 2 saturated carbocycles. The number of alkyl carbamates (subject to hydrolysis) is 1. The minimum atomic E-state index is -0.837. The average Bonchev–Trinajstić information content (AvgIpc) is 3.28. The van der Waals surface area contributed by atoms with Crippen molar-refractivity contribution in [2.75, 3.05) is 6.54 Å². The van der Waals surface area contributed by atoms with Crippen molar-refractivity contribution in [3.8, 4) is 0 Å². The Morgan fingerprint density at radius 1 is 1.07 bits per heavy atom. The third-order valence-corrected chi connectivity index (χ3v) is 10.4. The fraction of sp³-hybridized carbons (Fsp3) is 0.647. The van der Waals surface area contributed by atoms with Crippen LogP contribution in [0.25, 0.3) is 5.57 Å². The van der Waals surface area contributed by atoms with Crippen LogP contribution in [0.2, 0.25) is 0 Å². The smallest absolute Gasteiger partial charge is 0.408 e. The van der Waals surface area contributed by atoms with Crippen molar-refractivity contribution in [3.63, 3.8) is 0 Å². The Balaban J connectivity index is 1.14. The number of rotatable bonds is 6. The van der Waals surface area contributed by atoms with Crippen LogP contribution in [0, 0.1) is 28.6 Å². The Morgan fingerprint density at radius 2 is 1.83 bits per heavy atom. The molecule has 8 heteroatoms. The molecule has 0 saturated heterocycles. The number of esters is 1. The number of ether oxygens (including phenoxy) is 2. The summed E-state index contributed by atoms with van der Waals surface area (Å²) in [4.78, 5) is 41.4. The van der Waals surface area contributed by atoms with Gasteiger partial charge in [-0.15, -0.1) is 0 Å². The molecule has 8 nitrogen and oxygen atoms in total. The van der Waals surface area contributed by atoms with E-state index in [2.05, 4.69) is 47.7 Å². The SMILES string of the molecule is CC(NC(=O)OC(C)(C)C)C(=O)NCC(=O)O[C@H]1CC[C@@]2(C)C(=CC[C@@H]3[C@@H]2CC[C@]2(C)C(c4cccnc4)=CC[C@@H]32)C1. The fourth-order valence-corrected chi connectivity index (χ4v) is 8.35. The predicted molar refractivity (Wildman–Crippen MR) is 161 cm³/mol. The van der Waals surface area contributed by atoms with Gasteiger partial charge in [0.2, 0.25) is 5.91 Å². The van der Waals surface area contributed by atoms with E-state index in [1.54, 1.807) is 27.7 Å². The average molecular weight is 578 g/mol. The van der Waals surface area contributed by atoms with Crippen molar-refractivity contribution in [1.82, 2.24) is 15.6 Å². The number of pyridine rings is 1. The molecule has 0 aliphatic heterocycles. The van der Waals surface area contributed by atoms with Crippen molar-refractivity contribution in [3.05, 3.63) is 47.8 Å². The van der Waals surface area contributed by atoms with Crippen molar-refractivity contribution in [2.45, 2.75) is 104 Å². The van der Waals surface area contributed by atoms with Gasteiger partial charge in [0.05, 0.1) is 0 Å². The molecule has 1 unspecified atom stereocenters. The zero-order chi connectivity index (χ0) is 30.3. The first-order valence-electron chi connectivity index (χ1n) is 15.6. The summed E-state index contributed by atoms with van der Waals surface area (Å²) >= 11 is 0. The van der Waals surface area contributed by atoms with Crippen LogP contribution < -0.4 is 10.6 Å². The molecule has 42 heavy (non-hydrogen) atoms. The summed E-state index contributed by atoms with van der Waals surface area (Å²) in [6.07, 6.45) is 15.2. The Bertz CT molecular complexity index is 1270. The molecule has 7 atom stereocenters. The van der Waals surface area contributed by atoms with Gasteiger partial charge in [0, 0.05) is 18.8 Å². The maximum absolute atomic E-state index is 12.6. The Kier molecular flexibility index (Phi) is 8.29. The molecule has 2 fully saturated rings. The Hall–Kier alpha value is -3.16. The van der Waals surface area contributed by atoms with Crippen molar-refractivity contribution >= 4 is 23.5 Å². The van der Waals surface area contributed by atoms with Crippen LogP contribution in [0.15, 0.2) is 42.3 Å². The van der Waals surface area contributed by atoms with Crippen LogP contribution in [0.4, 0.5) is 4.79 Å². The molecule has 5 rings (SSSR count). The molecule has 1 aromatic rings. The molecule has 0 aromatic carbocycles. The van der Waals surface area contributed by atoms with E-state index in [0.29, 0.717) is 17.8 Å². The van der Waals surface area contributed by atoms with Gasteiger partial charge in [-0.2, -0.15) is 0 Å². The van der Waals surface area contributed by atoms with Crippen LogP contribution in [-0.4, -0.2) is 47.2 Å². The van der Waals surface area contributed by atoms with Gasteiger partial charge >= 0.3 is 12.1 Å². The normalized spacial score (nSPS) is 32.6. The molecular weight excluding hydrogens is 530 g/mol. The van der Waals surface area contributed by atoms with Crippen LogP contribution >= 0.6 is 0 Å². The number of hydrogen-bond acceptors (Lipinski definition) is 6. The number of nitrogens with one attached hydrogen (secondary N) is 2. The Morgan fingerprint density at radius 3 is 2.55 bits per heavy atom. The monoisotopic (exact) mass is 577 g/mol. The van der Waals surface area contributed by atoms with Crippen LogP contribution in [0.3, 0.4) is 0 Å².